The Kier molecular flexibility index (Phi) is 2.75. The lowest BCUT2D eigenvalue weighted by atomic mass is 10.1. The first kappa shape index (κ1) is 12.7. The van der Waals surface area contributed by atoms with Crippen LogP contribution in [0.25, 0.3) is 16.9 Å². The Morgan fingerprint density at radius 3 is 3.00 bits per heavy atom. The van der Waals surface area contributed by atoms with Crippen molar-refractivity contribution in [2.45, 2.75) is 6.61 Å². The van der Waals surface area contributed by atoms with Crippen molar-refractivity contribution in [3.8, 4) is 22.7 Å². The van der Waals surface area contributed by atoms with E-state index in [1.807, 2.05) is 6.07 Å². The number of halogens is 1. The van der Waals surface area contributed by atoms with Gasteiger partial charge in [0.15, 0.2) is 0 Å². The minimum atomic E-state index is -0.503. The van der Waals surface area contributed by atoms with Crippen LogP contribution in [0.5, 0.6) is 5.75 Å². The number of hydrogen-bond acceptors (Lipinski definition) is 4. The summed E-state index contributed by atoms with van der Waals surface area (Å²) in [5.74, 6) is 0.162. The number of pyridine rings is 3. The van der Waals surface area contributed by atoms with Gasteiger partial charge in [-0.15, -0.1) is 0 Å². The van der Waals surface area contributed by atoms with Crippen molar-refractivity contribution in [3.05, 3.63) is 70.8 Å². The highest BCUT2D eigenvalue weighted by Crippen LogP contribution is 2.35. The average molecular weight is 295 g/mol. The molecule has 0 N–H and O–H groups in total. The summed E-state index contributed by atoms with van der Waals surface area (Å²) in [4.78, 5) is 20.4. The van der Waals surface area contributed by atoms with Crippen LogP contribution in [0.15, 0.2) is 53.7 Å². The Morgan fingerprint density at radius 1 is 1.23 bits per heavy atom. The van der Waals surface area contributed by atoms with Crippen molar-refractivity contribution >= 4 is 0 Å². The molecule has 0 bridgehead atoms. The van der Waals surface area contributed by atoms with Gasteiger partial charge in [-0.05, 0) is 18.2 Å². The molecule has 0 saturated heterocycles. The van der Waals surface area contributed by atoms with Crippen LogP contribution in [0.2, 0.25) is 0 Å². The largest absolute Gasteiger partial charge is 0.485 e. The van der Waals surface area contributed by atoms with Crippen molar-refractivity contribution in [3.63, 3.8) is 0 Å². The summed E-state index contributed by atoms with van der Waals surface area (Å²) >= 11 is 0. The van der Waals surface area contributed by atoms with Crippen LogP contribution in [0, 0.1) is 5.82 Å². The quantitative estimate of drug-likeness (QED) is 0.691. The van der Waals surface area contributed by atoms with Gasteiger partial charge >= 0.3 is 0 Å². The summed E-state index contributed by atoms with van der Waals surface area (Å²) in [5, 5.41) is 0. The minimum absolute atomic E-state index is 0.209. The Hall–Kier alpha value is -3.02. The van der Waals surface area contributed by atoms with Crippen molar-refractivity contribution in [1.82, 2.24) is 14.5 Å². The van der Waals surface area contributed by atoms with Gasteiger partial charge in [0, 0.05) is 23.9 Å². The van der Waals surface area contributed by atoms with E-state index in [0.717, 1.165) is 11.8 Å². The van der Waals surface area contributed by atoms with E-state index in [2.05, 4.69) is 9.97 Å². The summed E-state index contributed by atoms with van der Waals surface area (Å²) in [6.07, 6.45) is 4.20. The lowest BCUT2D eigenvalue weighted by Crippen LogP contribution is -2.25. The van der Waals surface area contributed by atoms with Gasteiger partial charge in [-0.1, -0.05) is 0 Å². The second-order valence-corrected chi connectivity index (χ2v) is 4.87. The van der Waals surface area contributed by atoms with Gasteiger partial charge in [-0.25, -0.2) is 4.39 Å². The van der Waals surface area contributed by atoms with E-state index in [4.69, 9.17) is 4.74 Å². The third kappa shape index (κ3) is 1.88. The highest BCUT2D eigenvalue weighted by Gasteiger charge is 2.22. The van der Waals surface area contributed by atoms with E-state index in [9.17, 15) is 9.18 Å². The van der Waals surface area contributed by atoms with Crippen molar-refractivity contribution in [2.24, 2.45) is 0 Å². The van der Waals surface area contributed by atoms with Crippen molar-refractivity contribution < 1.29 is 9.13 Å². The number of aromatic nitrogens is 3. The molecule has 0 aliphatic carbocycles. The smallest absolute Gasteiger partial charge is 0.255 e. The third-order valence-electron chi connectivity index (χ3n) is 3.53. The second kappa shape index (κ2) is 4.77. The Balaban J connectivity index is 2.01. The molecule has 0 amide bonds. The summed E-state index contributed by atoms with van der Waals surface area (Å²) in [6.45, 7) is 0.209. The number of hydrogen-bond donors (Lipinski definition) is 0. The normalized spacial score (nSPS) is 12.2. The maximum absolute atomic E-state index is 13.4. The van der Waals surface area contributed by atoms with Gasteiger partial charge in [0.2, 0.25) is 0 Å². The topological polar surface area (TPSA) is 57.0 Å². The van der Waals surface area contributed by atoms with Gasteiger partial charge in [0.25, 0.3) is 5.56 Å². The van der Waals surface area contributed by atoms with Crippen LogP contribution < -0.4 is 10.3 Å². The first-order valence-electron chi connectivity index (χ1n) is 6.68. The van der Waals surface area contributed by atoms with Crippen LogP contribution in [-0.2, 0) is 6.61 Å². The zero-order valence-corrected chi connectivity index (χ0v) is 11.4. The molecule has 4 rings (SSSR count). The number of rotatable bonds is 1. The predicted molar refractivity (Wildman–Crippen MR) is 77.4 cm³/mol. The van der Waals surface area contributed by atoms with E-state index in [1.54, 1.807) is 18.3 Å². The van der Waals surface area contributed by atoms with Crippen LogP contribution >= 0.6 is 0 Å². The van der Waals surface area contributed by atoms with Crippen LogP contribution in [-0.4, -0.2) is 14.5 Å². The molecule has 1 aliphatic rings. The van der Waals surface area contributed by atoms with Gasteiger partial charge in [0.05, 0.1) is 23.8 Å². The number of ether oxygens (including phenoxy) is 1. The molecule has 0 fully saturated rings. The molecule has 1 aliphatic heterocycles. The summed E-state index contributed by atoms with van der Waals surface area (Å²) in [5.41, 5.74) is 2.19. The Labute approximate surface area is 124 Å². The molecular weight excluding hydrogens is 285 g/mol. The molecule has 0 unspecified atom stereocenters. The zero-order chi connectivity index (χ0) is 15.1. The standard InChI is InChI=1S/C16H10FN3O2/c17-10-6-11(8-18-7-10)20-13-9-22-14-2-1-5-19-16(14)12(13)3-4-15(20)21/h1-8H,9H2. The molecule has 108 valence electrons. The second-order valence-electron chi connectivity index (χ2n) is 4.87. The van der Waals surface area contributed by atoms with E-state index >= 15 is 0 Å². The first-order chi connectivity index (χ1) is 10.7. The maximum atomic E-state index is 13.4. The van der Waals surface area contributed by atoms with E-state index in [1.165, 1.54) is 22.9 Å². The molecule has 3 aromatic rings. The fourth-order valence-corrected chi connectivity index (χ4v) is 2.60. The van der Waals surface area contributed by atoms with Crippen molar-refractivity contribution in [1.29, 1.82) is 0 Å². The summed E-state index contributed by atoms with van der Waals surface area (Å²) < 4.78 is 20.5. The molecule has 4 heterocycles. The first-order valence-corrected chi connectivity index (χ1v) is 6.68. The number of fused-ring (bicyclic) bond motifs is 3. The van der Waals surface area contributed by atoms with Crippen molar-refractivity contribution in [2.75, 3.05) is 0 Å². The van der Waals surface area contributed by atoms with Gasteiger partial charge in [-0.3, -0.25) is 19.3 Å². The molecule has 0 atom stereocenters. The lowest BCUT2D eigenvalue weighted by molar-refractivity contribution is 0.292. The fourth-order valence-electron chi connectivity index (χ4n) is 2.60. The SMILES string of the molecule is O=c1ccc2c(n1-c1cncc(F)c1)COc1cccnc1-2. The van der Waals surface area contributed by atoms with Crippen LogP contribution in [0.1, 0.15) is 5.69 Å². The molecule has 0 radical (unpaired) electrons. The highest BCUT2D eigenvalue weighted by molar-refractivity contribution is 5.70. The average Bonchev–Trinajstić information content (AvgIpc) is 2.54. The fraction of sp³-hybridized carbons (Fsp3) is 0.0625. The molecule has 0 aromatic carbocycles. The summed E-state index contributed by atoms with van der Waals surface area (Å²) in [6, 6.07) is 8.03. The Morgan fingerprint density at radius 2 is 2.14 bits per heavy atom. The van der Waals surface area contributed by atoms with Gasteiger partial charge < -0.3 is 4.74 Å². The molecule has 22 heavy (non-hydrogen) atoms. The Bertz CT molecular complexity index is 937. The molecular formula is C16H10FN3O2. The third-order valence-corrected chi connectivity index (χ3v) is 3.53. The predicted octanol–water partition coefficient (Wildman–Crippen LogP) is 2.33. The maximum Gasteiger partial charge on any atom is 0.255 e. The highest BCUT2D eigenvalue weighted by atomic mass is 19.1. The van der Waals surface area contributed by atoms with E-state index in [-0.39, 0.29) is 12.2 Å². The zero-order valence-electron chi connectivity index (χ0n) is 11.4. The summed E-state index contributed by atoms with van der Waals surface area (Å²) in [7, 11) is 0. The molecule has 0 spiro atoms. The van der Waals surface area contributed by atoms with E-state index < -0.39 is 5.82 Å². The molecule has 3 aromatic heterocycles. The van der Waals surface area contributed by atoms with E-state index in [0.29, 0.717) is 22.8 Å². The minimum Gasteiger partial charge on any atom is -0.485 e. The monoisotopic (exact) mass is 295 g/mol. The van der Waals surface area contributed by atoms with Gasteiger partial charge in [0.1, 0.15) is 23.9 Å². The van der Waals surface area contributed by atoms with Crippen LogP contribution in [0.4, 0.5) is 4.39 Å². The van der Waals surface area contributed by atoms with Crippen LogP contribution in [0.3, 0.4) is 0 Å². The van der Waals surface area contributed by atoms with Gasteiger partial charge in [-0.2, -0.15) is 0 Å². The molecule has 6 heteroatoms. The lowest BCUT2D eigenvalue weighted by Gasteiger charge is -2.22. The number of nitrogens with zero attached hydrogens (tertiary/aromatic N) is 3. The molecule has 0 saturated carbocycles. The molecule has 5 nitrogen and oxygen atoms in total.